The number of para-hydroxylation sites is 1. The van der Waals surface area contributed by atoms with Gasteiger partial charge in [0.2, 0.25) is 0 Å². The van der Waals surface area contributed by atoms with Crippen molar-refractivity contribution in [1.82, 2.24) is 0 Å². The van der Waals surface area contributed by atoms with Gasteiger partial charge in [-0.05, 0) is 49.8 Å². The van der Waals surface area contributed by atoms with Crippen molar-refractivity contribution in [3.8, 4) is 5.75 Å². The van der Waals surface area contributed by atoms with Gasteiger partial charge in [0.1, 0.15) is 5.75 Å². The first kappa shape index (κ1) is 19.2. The van der Waals surface area contributed by atoms with Crippen molar-refractivity contribution in [1.29, 1.82) is 0 Å². The predicted molar refractivity (Wildman–Crippen MR) is 102 cm³/mol. The van der Waals surface area contributed by atoms with Gasteiger partial charge in [-0.1, -0.05) is 30.3 Å². The molecule has 2 aromatic carbocycles. The minimum atomic E-state index is -0.564. The second-order valence-corrected chi connectivity index (χ2v) is 5.91. The van der Waals surface area contributed by atoms with Crippen molar-refractivity contribution in [3.05, 3.63) is 66.2 Å². The van der Waals surface area contributed by atoms with E-state index < -0.39 is 5.97 Å². The molecule has 0 aliphatic heterocycles. The Morgan fingerprint density at radius 2 is 1.69 bits per heavy atom. The molecule has 0 saturated heterocycles. The number of methoxy groups -OCH3 is 1. The van der Waals surface area contributed by atoms with Crippen LogP contribution in [0, 0.1) is 0 Å². The number of rotatable bonds is 7. The standard InChI is InChI=1S/C21H23NO4/c1-16(2)22(18-7-5-4-6-8-18)20(23)15-26-21(24)14-11-17-9-12-19(25-3)13-10-17/h4-14,16H,15H2,1-3H3/b14-11+. The fraction of sp³-hybridized carbons (Fsp3) is 0.238. The van der Waals surface area contributed by atoms with Crippen LogP contribution in [-0.4, -0.2) is 31.6 Å². The van der Waals surface area contributed by atoms with Crippen LogP contribution in [0.25, 0.3) is 6.08 Å². The van der Waals surface area contributed by atoms with Crippen molar-refractivity contribution in [2.45, 2.75) is 19.9 Å². The third-order valence-electron chi connectivity index (χ3n) is 3.69. The molecule has 0 fully saturated rings. The number of ether oxygens (including phenoxy) is 2. The number of hydrogen-bond acceptors (Lipinski definition) is 4. The first-order chi connectivity index (χ1) is 12.5. The summed E-state index contributed by atoms with van der Waals surface area (Å²) < 4.78 is 10.2. The molecule has 0 bridgehead atoms. The molecule has 0 atom stereocenters. The molecule has 0 spiro atoms. The van der Waals surface area contributed by atoms with Gasteiger partial charge in [0.25, 0.3) is 5.91 Å². The monoisotopic (exact) mass is 353 g/mol. The number of anilines is 1. The summed E-state index contributed by atoms with van der Waals surface area (Å²) in [6.07, 6.45) is 2.93. The van der Waals surface area contributed by atoms with Gasteiger partial charge in [0, 0.05) is 17.8 Å². The lowest BCUT2D eigenvalue weighted by molar-refractivity contribution is -0.143. The Morgan fingerprint density at radius 3 is 2.27 bits per heavy atom. The molecule has 0 saturated carbocycles. The summed E-state index contributed by atoms with van der Waals surface area (Å²) in [7, 11) is 1.59. The summed E-state index contributed by atoms with van der Waals surface area (Å²) in [5, 5.41) is 0. The summed E-state index contributed by atoms with van der Waals surface area (Å²) in [5.74, 6) is -0.0895. The second-order valence-electron chi connectivity index (χ2n) is 5.91. The highest BCUT2D eigenvalue weighted by Gasteiger charge is 2.19. The topological polar surface area (TPSA) is 55.8 Å². The Hall–Kier alpha value is -3.08. The van der Waals surface area contributed by atoms with E-state index in [-0.39, 0.29) is 18.6 Å². The quantitative estimate of drug-likeness (QED) is 0.563. The summed E-state index contributed by atoms with van der Waals surface area (Å²) >= 11 is 0. The average molecular weight is 353 g/mol. The van der Waals surface area contributed by atoms with E-state index in [2.05, 4.69) is 0 Å². The van der Waals surface area contributed by atoms with Crippen molar-refractivity contribution in [2.75, 3.05) is 18.6 Å². The molecule has 0 aliphatic carbocycles. The number of carbonyl (C=O) groups is 2. The molecule has 2 aromatic rings. The Labute approximate surface area is 153 Å². The highest BCUT2D eigenvalue weighted by atomic mass is 16.5. The zero-order valence-corrected chi connectivity index (χ0v) is 15.2. The third-order valence-corrected chi connectivity index (χ3v) is 3.69. The van der Waals surface area contributed by atoms with Gasteiger partial charge in [-0.15, -0.1) is 0 Å². The Kier molecular flexibility index (Phi) is 6.97. The van der Waals surface area contributed by atoms with Gasteiger partial charge in [0.15, 0.2) is 6.61 Å². The van der Waals surface area contributed by atoms with Crippen LogP contribution in [-0.2, 0) is 14.3 Å². The average Bonchev–Trinajstić information content (AvgIpc) is 2.66. The first-order valence-corrected chi connectivity index (χ1v) is 8.37. The number of hydrogen-bond donors (Lipinski definition) is 0. The maximum absolute atomic E-state index is 12.4. The third kappa shape index (κ3) is 5.48. The fourth-order valence-electron chi connectivity index (χ4n) is 2.45. The molecule has 1 amide bonds. The van der Waals surface area contributed by atoms with Crippen LogP contribution in [0.15, 0.2) is 60.7 Å². The zero-order chi connectivity index (χ0) is 18.9. The number of nitrogens with zero attached hydrogens (tertiary/aromatic N) is 1. The molecule has 0 aromatic heterocycles. The van der Waals surface area contributed by atoms with E-state index in [1.807, 2.05) is 56.3 Å². The maximum atomic E-state index is 12.4. The molecular formula is C21H23NO4. The molecule has 5 nitrogen and oxygen atoms in total. The normalized spacial score (nSPS) is 10.8. The van der Waals surface area contributed by atoms with E-state index in [0.29, 0.717) is 0 Å². The van der Waals surface area contributed by atoms with Gasteiger partial charge >= 0.3 is 5.97 Å². The SMILES string of the molecule is COc1ccc(/C=C/C(=O)OCC(=O)N(c2ccccc2)C(C)C)cc1. The molecule has 0 radical (unpaired) electrons. The van der Waals surface area contributed by atoms with Crippen molar-refractivity contribution in [3.63, 3.8) is 0 Å². The lowest BCUT2D eigenvalue weighted by Crippen LogP contribution is -2.39. The van der Waals surface area contributed by atoms with Crippen LogP contribution in [0.1, 0.15) is 19.4 Å². The largest absolute Gasteiger partial charge is 0.497 e. The molecular weight excluding hydrogens is 330 g/mol. The van der Waals surface area contributed by atoms with Gasteiger partial charge in [-0.3, -0.25) is 4.79 Å². The van der Waals surface area contributed by atoms with E-state index in [0.717, 1.165) is 17.0 Å². The maximum Gasteiger partial charge on any atom is 0.331 e. The van der Waals surface area contributed by atoms with Gasteiger partial charge in [0.05, 0.1) is 7.11 Å². The molecule has 2 rings (SSSR count). The molecule has 0 N–H and O–H groups in total. The molecule has 0 heterocycles. The summed E-state index contributed by atoms with van der Waals surface area (Å²) in [4.78, 5) is 25.9. The number of amides is 1. The second kappa shape index (κ2) is 9.42. The van der Waals surface area contributed by atoms with Gasteiger partial charge < -0.3 is 14.4 Å². The van der Waals surface area contributed by atoms with Crippen molar-refractivity contribution in [2.24, 2.45) is 0 Å². The van der Waals surface area contributed by atoms with Crippen LogP contribution >= 0.6 is 0 Å². The number of benzene rings is 2. The van der Waals surface area contributed by atoms with E-state index in [1.165, 1.54) is 6.08 Å². The van der Waals surface area contributed by atoms with E-state index in [9.17, 15) is 9.59 Å². The lowest BCUT2D eigenvalue weighted by atomic mass is 10.2. The fourth-order valence-corrected chi connectivity index (χ4v) is 2.45. The Balaban J connectivity index is 1.92. The zero-order valence-electron chi connectivity index (χ0n) is 15.2. The smallest absolute Gasteiger partial charge is 0.331 e. The molecule has 0 unspecified atom stereocenters. The van der Waals surface area contributed by atoms with Crippen LogP contribution < -0.4 is 9.64 Å². The van der Waals surface area contributed by atoms with Crippen LogP contribution in [0.2, 0.25) is 0 Å². The van der Waals surface area contributed by atoms with E-state index in [1.54, 1.807) is 30.2 Å². The highest BCUT2D eigenvalue weighted by Crippen LogP contribution is 2.17. The van der Waals surface area contributed by atoms with Gasteiger partial charge in [-0.25, -0.2) is 4.79 Å². The molecule has 5 heteroatoms. The summed E-state index contributed by atoms with van der Waals surface area (Å²) in [5.41, 5.74) is 1.61. The van der Waals surface area contributed by atoms with Crippen LogP contribution in [0.3, 0.4) is 0 Å². The predicted octanol–water partition coefficient (Wildman–Crippen LogP) is 3.69. The number of esters is 1. The Bertz CT molecular complexity index is 751. The highest BCUT2D eigenvalue weighted by molar-refractivity contribution is 5.96. The number of carbonyl (C=O) groups excluding carboxylic acids is 2. The first-order valence-electron chi connectivity index (χ1n) is 8.37. The van der Waals surface area contributed by atoms with E-state index >= 15 is 0 Å². The molecule has 136 valence electrons. The molecule has 0 aliphatic rings. The van der Waals surface area contributed by atoms with Crippen molar-refractivity contribution >= 4 is 23.6 Å². The van der Waals surface area contributed by atoms with Crippen LogP contribution in [0.5, 0.6) is 5.75 Å². The minimum absolute atomic E-state index is 0.0431. The lowest BCUT2D eigenvalue weighted by Gasteiger charge is -2.26. The minimum Gasteiger partial charge on any atom is -0.497 e. The Morgan fingerprint density at radius 1 is 1.04 bits per heavy atom. The summed E-state index contributed by atoms with van der Waals surface area (Å²) in [6, 6.07) is 16.5. The van der Waals surface area contributed by atoms with Gasteiger partial charge in [-0.2, -0.15) is 0 Å². The van der Waals surface area contributed by atoms with Crippen LogP contribution in [0.4, 0.5) is 5.69 Å². The summed E-state index contributed by atoms with van der Waals surface area (Å²) in [6.45, 7) is 3.52. The van der Waals surface area contributed by atoms with E-state index in [4.69, 9.17) is 9.47 Å². The molecule has 26 heavy (non-hydrogen) atoms. The van der Waals surface area contributed by atoms with Crippen molar-refractivity contribution < 1.29 is 19.1 Å².